The molecule has 1 aromatic heterocycles. The molecular weight excluding hydrogens is 383 g/mol. The number of aryl methyl sites for hydroxylation is 1. The molecule has 0 unspecified atom stereocenters. The molecule has 0 N–H and O–H groups in total. The maximum absolute atomic E-state index is 13.0. The molecule has 0 aliphatic carbocycles. The van der Waals surface area contributed by atoms with Crippen molar-refractivity contribution in [3.05, 3.63) is 111 Å². The van der Waals surface area contributed by atoms with Gasteiger partial charge in [-0.25, -0.2) is 9.18 Å². The van der Waals surface area contributed by atoms with Crippen LogP contribution in [0.1, 0.15) is 27.0 Å². The van der Waals surface area contributed by atoms with Gasteiger partial charge in [0.05, 0.1) is 0 Å². The van der Waals surface area contributed by atoms with Gasteiger partial charge in [0.15, 0.2) is 12.4 Å². The minimum Gasteiger partial charge on any atom is -0.485 e. The van der Waals surface area contributed by atoms with Crippen LogP contribution in [-0.2, 0) is 6.42 Å². The first-order valence-electron chi connectivity index (χ1n) is 9.53. The number of ether oxygens (including phenoxy) is 1. The van der Waals surface area contributed by atoms with Crippen LogP contribution in [0.15, 0.2) is 82.0 Å². The number of benzene rings is 3. The van der Waals surface area contributed by atoms with Crippen molar-refractivity contribution in [2.24, 2.45) is 0 Å². The first-order chi connectivity index (χ1) is 14.5. The molecule has 5 heteroatoms. The second-order valence-electron chi connectivity index (χ2n) is 7.03. The van der Waals surface area contributed by atoms with Crippen LogP contribution in [-0.4, -0.2) is 12.4 Å². The van der Waals surface area contributed by atoms with E-state index in [-0.39, 0.29) is 18.0 Å². The summed E-state index contributed by atoms with van der Waals surface area (Å²) in [6.07, 6.45) is 0.495. The second-order valence-corrected chi connectivity index (χ2v) is 7.03. The molecule has 0 aliphatic heterocycles. The fourth-order valence-electron chi connectivity index (χ4n) is 3.34. The smallest absolute Gasteiger partial charge is 0.340 e. The summed E-state index contributed by atoms with van der Waals surface area (Å²) in [7, 11) is 0. The van der Waals surface area contributed by atoms with Crippen LogP contribution in [0.25, 0.3) is 11.0 Å². The molecule has 0 saturated carbocycles. The van der Waals surface area contributed by atoms with Gasteiger partial charge in [0.2, 0.25) is 0 Å². The number of halogens is 1. The number of hydrogen-bond donors (Lipinski definition) is 0. The molecule has 4 rings (SSSR count). The van der Waals surface area contributed by atoms with Gasteiger partial charge < -0.3 is 9.15 Å². The molecular formula is C25H19FO4. The lowest BCUT2D eigenvalue weighted by atomic mass is 10.00. The van der Waals surface area contributed by atoms with Gasteiger partial charge in [-0.05, 0) is 54.4 Å². The fourth-order valence-corrected chi connectivity index (χ4v) is 3.34. The van der Waals surface area contributed by atoms with E-state index in [1.807, 2.05) is 43.3 Å². The molecule has 1 heterocycles. The normalized spacial score (nSPS) is 10.9. The van der Waals surface area contributed by atoms with E-state index >= 15 is 0 Å². The Hall–Kier alpha value is -3.73. The van der Waals surface area contributed by atoms with Crippen molar-refractivity contribution in [3.63, 3.8) is 0 Å². The van der Waals surface area contributed by atoms with E-state index in [2.05, 4.69) is 0 Å². The third kappa shape index (κ3) is 4.15. The second kappa shape index (κ2) is 8.33. The highest BCUT2D eigenvalue weighted by molar-refractivity contribution is 5.97. The lowest BCUT2D eigenvalue weighted by Crippen LogP contribution is -2.12. The topological polar surface area (TPSA) is 56.5 Å². The lowest BCUT2D eigenvalue weighted by Gasteiger charge is -2.10. The van der Waals surface area contributed by atoms with E-state index in [4.69, 9.17) is 9.15 Å². The van der Waals surface area contributed by atoms with Gasteiger partial charge in [-0.3, -0.25) is 4.79 Å². The van der Waals surface area contributed by atoms with Crippen LogP contribution in [0, 0.1) is 12.7 Å². The Bertz CT molecular complexity index is 1260. The molecule has 0 radical (unpaired) electrons. The lowest BCUT2D eigenvalue weighted by molar-refractivity contribution is 0.0921. The number of rotatable bonds is 6. The molecule has 3 aromatic carbocycles. The van der Waals surface area contributed by atoms with Crippen LogP contribution in [0.5, 0.6) is 5.75 Å². The number of hydrogen-bond acceptors (Lipinski definition) is 4. The monoisotopic (exact) mass is 402 g/mol. The highest BCUT2D eigenvalue weighted by atomic mass is 19.1. The number of carbonyl (C=O) groups excluding carboxylic acids is 1. The molecule has 0 spiro atoms. The number of ketones is 1. The van der Waals surface area contributed by atoms with Gasteiger partial charge >= 0.3 is 5.63 Å². The standard InChI is InChI=1S/C25H19FO4/c1-16-21-12-11-20(29-15-23(27)18-7-9-19(26)10-8-18)14-24(21)30-25(28)22(16)13-17-5-3-2-4-6-17/h2-12,14H,13,15H2,1H3. The highest BCUT2D eigenvalue weighted by Gasteiger charge is 2.13. The first kappa shape index (κ1) is 19.6. The fraction of sp³-hybridized carbons (Fsp3) is 0.120. The zero-order chi connectivity index (χ0) is 21.1. The van der Waals surface area contributed by atoms with Gasteiger partial charge in [0, 0.05) is 29.0 Å². The van der Waals surface area contributed by atoms with Crippen molar-refractivity contribution in [1.29, 1.82) is 0 Å². The van der Waals surface area contributed by atoms with Crippen molar-refractivity contribution in [3.8, 4) is 5.75 Å². The van der Waals surface area contributed by atoms with Crippen LogP contribution in [0.2, 0.25) is 0 Å². The zero-order valence-corrected chi connectivity index (χ0v) is 16.4. The van der Waals surface area contributed by atoms with E-state index in [1.165, 1.54) is 24.3 Å². The Kier molecular flexibility index (Phi) is 5.44. The van der Waals surface area contributed by atoms with E-state index in [9.17, 15) is 14.0 Å². The summed E-state index contributed by atoms with van der Waals surface area (Å²) in [4.78, 5) is 24.8. The summed E-state index contributed by atoms with van der Waals surface area (Å²) in [5, 5.41) is 0.817. The maximum atomic E-state index is 13.0. The zero-order valence-electron chi connectivity index (χ0n) is 16.4. The van der Waals surface area contributed by atoms with E-state index in [0.29, 0.717) is 28.9 Å². The van der Waals surface area contributed by atoms with Crippen LogP contribution >= 0.6 is 0 Å². The van der Waals surface area contributed by atoms with Crippen molar-refractivity contribution in [2.45, 2.75) is 13.3 Å². The highest BCUT2D eigenvalue weighted by Crippen LogP contribution is 2.25. The quantitative estimate of drug-likeness (QED) is 0.333. The molecule has 0 fully saturated rings. The van der Waals surface area contributed by atoms with Gasteiger partial charge in [0.1, 0.15) is 17.1 Å². The van der Waals surface area contributed by atoms with Gasteiger partial charge in [-0.1, -0.05) is 30.3 Å². The predicted molar refractivity (Wildman–Crippen MR) is 113 cm³/mol. The Morgan fingerprint density at radius 2 is 1.73 bits per heavy atom. The molecule has 0 aliphatic rings. The maximum Gasteiger partial charge on any atom is 0.340 e. The number of carbonyl (C=O) groups is 1. The third-order valence-electron chi connectivity index (χ3n) is 5.02. The van der Waals surface area contributed by atoms with Crippen molar-refractivity contribution >= 4 is 16.8 Å². The Labute approximate surface area is 172 Å². The van der Waals surface area contributed by atoms with Gasteiger partial charge in [-0.2, -0.15) is 0 Å². The number of fused-ring (bicyclic) bond motifs is 1. The Balaban J connectivity index is 1.55. The summed E-state index contributed by atoms with van der Waals surface area (Å²) >= 11 is 0. The first-order valence-corrected chi connectivity index (χ1v) is 9.53. The van der Waals surface area contributed by atoms with Crippen LogP contribution < -0.4 is 10.4 Å². The molecule has 4 aromatic rings. The molecule has 30 heavy (non-hydrogen) atoms. The summed E-state index contributed by atoms with van der Waals surface area (Å²) < 4.78 is 24.1. The molecule has 0 atom stereocenters. The Morgan fingerprint density at radius 1 is 1.00 bits per heavy atom. The van der Waals surface area contributed by atoms with E-state index in [0.717, 1.165) is 16.5 Å². The van der Waals surface area contributed by atoms with Crippen molar-refractivity contribution < 1.29 is 18.3 Å². The molecule has 0 saturated heterocycles. The minimum absolute atomic E-state index is 0.202. The average molecular weight is 402 g/mol. The van der Waals surface area contributed by atoms with E-state index in [1.54, 1.807) is 12.1 Å². The Morgan fingerprint density at radius 3 is 2.47 bits per heavy atom. The molecule has 150 valence electrons. The third-order valence-corrected chi connectivity index (χ3v) is 5.02. The predicted octanol–water partition coefficient (Wildman–Crippen LogP) is 5.09. The summed E-state index contributed by atoms with van der Waals surface area (Å²) in [5.41, 5.74) is 2.90. The van der Waals surface area contributed by atoms with Gasteiger partial charge in [-0.15, -0.1) is 0 Å². The largest absolute Gasteiger partial charge is 0.485 e. The molecule has 0 bridgehead atoms. The van der Waals surface area contributed by atoms with Crippen molar-refractivity contribution in [1.82, 2.24) is 0 Å². The number of Topliss-reactive ketones (excluding diaryl/α,β-unsaturated/α-hetero) is 1. The van der Waals surface area contributed by atoms with Gasteiger partial charge in [0.25, 0.3) is 0 Å². The molecule has 0 amide bonds. The molecule has 4 nitrogen and oxygen atoms in total. The van der Waals surface area contributed by atoms with Crippen LogP contribution in [0.3, 0.4) is 0 Å². The summed E-state index contributed by atoms with van der Waals surface area (Å²) in [6, 6.07) is 20.2. The summed E-state index contributed by atoms with van der Waals surface area (Å²) in [6.45, 7) is 1.70. The van der Waals surface area contributed by atoms with Crippen LogP contribution in [0.4, 0.5) is 4.39 Å². The average Bonchev–Trinajstić information content (AvgIpc) is 2.76. The SMILES string of the molecule is Cc1c(Cc2ccccc2)c(=O)oc2cc(OCC(=O)c3ccc(F)cc3)ccc12. The minimum atomic E-state index is -0.404. The summed E-state index contributed by atoms with van der Waals surface area (Å²) in [5.74, 6) is -0.263. The van der Waals surface area contributed by atoms with Crippen molar-refractivity contribution in [2.75, 3.05) is 6.61 Å². The van der Waals surface area contributed by atoms with E-state index < -0.39 is 5.82 Å².